The van der Waals surface area contributed by atoms with Gasteiger partial charge in [-0.05, 0) is 51.8 Å². The SMILES string of the molecule is CCCOC(=O)C1=C(C)N(C)C(C)=C(C(=O)OC(C)C)C1c1ccc(OC)cc1. The van der Waals surface area contributed by atoms with Crippen LogP contribution < -0.4 is 4.74 Å². The summed E-state index contributed by atoms with van der Waals surface area (Å²) in [5.74, 6) is -0.727. The fourth-order valence-electron chi connectivity index (χ4n) is 3.39. The molecule has 0 N–H and O–H groups in total. The molecule has 0 amide bonds. The average molecular weight is 402 g/mol. The van der Waals surface area contributed by atoms with Crippen LogP contribution in [-0.2, 0) is 19.1 Å². The van der Waals surface area contributed by atoms with Crippen molar-refractivity contribution in [3.05, 3.63) is 52.4 Å². The molecular formula is C23H31NO5. The minimum Gasteiger partial charge on any atom is -0.497 e. The number of benzene rings is 1. The number of hydrogen-bond acceptors (Lipinski definition) is 6. The lowest BCUT2D eigenvalue weighted by atomic mass is 9.80. The Kier molecular flexibility index (Phi) is 7.48. The molecule has 1 unspecified atom stereocenters. The van der Waals surface area contributed by atoms with E-state index in [0.717, 1.165) is 23.4 Å². The van der Waals surface area contributed by atoms with Crippen molar-refractivity contribution in [3.8, 4) is 5.75 Å². The number of methoxy groups -OCH3 is 1. The molecular weight excluding hydrogens is 370 g/mol. The quantitative estimate of drug-likeness (QED) is 0.639. The van der Waals surface area contributed by atoms with Crippen molar-refractivity contribution in [1.29, 1.82) is 0 Å². The number of rotatable bonds is 7. The van der Waals surface area contributed by atoms with Crippen LogP contribution in [0.4, 0.5) is 0 Å². The highest BCUT2D eigenvalue weighted by Crippen LogP contribution is 2.42. The third-order valence-electron chi connectivity index (χ3n) is 5.03. The van der Waals surface area contributed by atoms with Gasteiger partial charge in [-0.2, -0.15) is 0 Å². The zero-order valence-corrected chi connectivity index (χ0v) is 18.4. The van der Waals surface area contributed by atoms with Gasteiger partial charge in [-0.15, -0.1) is 0 Å². The van der Waals surface area contributed by atoms with Gasteiger partial charge >= 0.3 is 11.9 Å². The van der Waals surface area contributed by atoms with Gasteiger partial charge in [0.25, 0.3) is 0 Å². The maximum absolute atomic E-state index is 13.1. The second-order valence-electron chi connectivity index (χ2n) is 7.35. The molecule has 0 fully saturated rings. The lowest BCUT2D eigenvalue weighted by Gasteiger charge is -2.36. The van der Waals surface area contributed by atoms with Gasteiger partial charge in [0.2, 0.25) is 0 Å². The van der Waals surface area contributed by atoms with E-state index in [2.05, 4.69) is 0 Å². The number of allylic oxidation sites excluding steroid dienone is 2. The molecule has 1 aromatic rings. The summed E-state index contributed by atoms with van der Waals surface area (Å²) in [6.45, 7) is 9.61. The lowest BCUT2D eigenvalue weighted by molar-refractivity contribution is -0.143. The fraction of sp³-hybridized carbons (Fsp3) is 0.478. The Labute approximate surface area is 173 Å². The smallest absolute Gasteiger partial charge is 0.337 e. The minimum atomic E-state index is -0.576. The van der Waals surface area contributed by atoms with Crippen LogP contribution in [0, 0.1) is 0 Å². The Balaban J connectivity index is 2.65. The van der Waals surface area contributed by atoms with Gasteiger partial charge in [-0.3, -0.25) is 0 Å². The molecule has 1 aliphatic heterocycles. The maximum atomic E-state index is 13.1. The molecule has 2 rings (SSSR count). The van der Waals surface area contributed by atoms with E-state index in [-0.39, 0.29) is 6.10 Å². The van der Waals surface area contributed by atoms with Crippen LogP contribution >= 0.6 is 0 Å². The highest BCUT2D eigenvalue weighted by Gasteiger charge is 2.39. The normalized spacial score (nSPS) is 17.0. The molecule has 0 saturated heterocycles. The topological polar surface area (TPSA) is 65.1 Å². The maximum Gasteiger partial charge on any atom is 0.337 e. The molecule has 0 bridgehead atoms. The third-order valence-corrected chi connectivity index (χ3v) is 5.03. The molecule has 29 heavy (non-hydrogen) atoms. The van der Waals surface area contributed by atoms with Crippen molar-refractivity contribution in [2.75, 3.05) is 20.8 Å². The zero-order chi connectivity index (χ0) is 21.7. The molecule has 0 saturated carbocycles. The van der Waals surface area contributed by atoms with Crippen molar-refractivity contribution < 1.29 is 23.8 Å². The van der Waals surface area contributed by atoms with Gasteiger partial charge in [0, 0.05) is 18.4 Å². The summed E-state index contributed by atoms with van der Waals surface area (Å²) in [6, 6.07) is 7.37. The number of carbonyl (C=O) groups is 2. The van der Waals surface area contributed by atoms with Crippen LogP contribution in [0.3, 0.4) is 0 Å². The van der Waals surface area contributed by atoms with E-state index in [1.165, 1.54) is 0 Å². The molecule has 1 aliphatic rings. The second-order valence-corrected chi connectivity index (χ2v) is 7.35. The first-order valence-electron chi connectivity index (χ1n) is 9.90. The van der Waals surface area contributed by atoms with Crippen LogP contribution in [0.25, 0.3) is 0 Å². The minimum absolute atomic E-state index is 0.271. The summed E-state index contributed by atoms with van der Waals surface area (Å²) in [6.07, 6.45) is 0.449. The van der Waals surface area contributed by atoms with Crippen LogP contribution in [0.15, 0.2) is 46.8 Å². The van der Waals surface area contributed by atoms with E-state index in [1.807, 2.05) is 57.0 Å². The van der Waals surface area contributed by atoms with E-state index >= 15 is 0 Å². The number of nitrogens with zero attached hydrogens (tertiary/aromatic N) is 1. The predicted octanol–water partition coefficient (Wildman–Crippen LogP) is 4.18. The van der Waals surface area contributed by atoms with Crippen LogP contribution in [-0.4, -0.2) is 43.7 Å². The molecule has 0 spiro atoms. The molecule has 6 heteroatoms. The Bertz CT molecular complexity index is 820. The predicted molar refractivity (Wildman–Crippen MR) is 111 cm³/mol. The Hall–Kier alpha value is -2.76. The average Bonchev–Trinajstić information content (AvgIpc) is 2.69. The summed E-state index contributed by atoms with van der Waals surface area (Å²) < 4.78 is 16.2. The van der Waals surface area contributed by atoms with E-state index in [4.69, 9.17) is 14.2 Å². The van der Waals surface area contributed by atoms with E-state index in [0.29, 0.717) is 23.5 Å². The van der Waals surface area contributed by atoms with E-state index < -0.39 is 17.9 Å². The van der Waals surface area contributed by atoms with Crippen molar-refractivity contribution >= 4 is 11.9 Å². The zero-order valence-electron chi connectivity index (χ0n) is 18.4. The summed E-state index contributed by atoms with van der Waals surface area (Å²) >= 11 is 0. The molecule has 1 heterocycles. The van der Waals surface area contributed by atoms with Crippen LogP contribution in [0.1, 0.15) is 52.5 Å². The molecule has 0 radical (unpaired) electrons. The molecule has 0 aromatic heterocycles. The van der Waals surface area contributed by atoms with Crippen molar-refractivity contribution in [2.45, 2.75) is 53.1 Å². The number of ether oxygens (including phenoxy) is 3. The second kappa shape index (κ2) is 9.63. The standard InChI is InChI=1S/C23H31NO5/c1-8-13-28-22(25)19-15(4)24(6)16(5)20(23(26)29-14(2)3)21(19)17-9-11-18(27-7)12-10-17/h9-12,14,21H,8,13H2,1-7H3. The van der Waals surface area contributed by atoms with E-state index in [9.17, 15) is 9.59 Å². The van der Waals surface area contributed by atoms with Gasteiger partial charge in [0.15, 0.2) is 0 Å². The molecule has 1 atom stereocenters. The van der Waals surface area contributed by atoms with Gasteiger partial charge in [-0.1, -0.05) is 19.1 Å². The Morgan fingerprint density at radius 3 is 2.07 bits per heavy atom. The number of carbonyl (C=O) groups excluding carboxylic acids is 2. The van der Waals surface area contributed by atoms with Crippen molar-refractivity contribution in [3.63, 3.8) is 0 Å². The Morgan fingerprint density at radius 2 is 1.59 bits per heavy atom. The highest BCUT2D eigenvalue weighted by molar-refractivity contribution is 5.99. The largest absolute Gasteiger partial charge is 0.497 e. The van der Waals surface area contributed by atoms with Gasteiger partial charge in [0.1, 0.15) is 5.75 Å². The van der Waals surface area contributed by atoms with Crippen molar-refractivity contribution in [1.82, 2.24) is 4.90 Å². The fourth-order valence-corrected chi connectivity index (χ4v) is 3.39. The Morgan fingerprint density at radius 1 is 1.03 bits per heavy atom. The first kappa shape index (κ1) is 22.5. The lowest BCUT2D eigenvalue weighted by Crippen LogP contribution is -2.34. The van der Waals surface area contributed by atoms with Gasteiger partial charge < -0.3 is 19.1 Å². The molecule has 0 aliphatic carbocycles. The van der Waals surface area contributed by atoms with E-state index in [1.54, 1.807) is 21.0 Å². The number of hydrogen-bond donors (Lipinski definition) is 0. The summed E-state index contributed by atoms with van der Waals surface area (Å²) in [4.78, 5) is 27.9. The molecule has 1 aromatic carbocycles. The summed E-state index contributed by atoms with van der Waals surface area (Å²) in [7, 11) is 3.43. The van der Waals surface area contributed by atoms with Crippen LogP contribution in [0.2, 0.25) is 0 Å². The first-order chi connectivity index (χ1) is 13.7. The molecule has 6 nitrogen and oxygen atoms in total. The summed E-state index contributed by atoms with van der Waals surface area (Å²) in [5.41, 5.74) is 3.20. The van der Waals surface area contributed by atoms with Crippen LogP contribution in [0.5, 0.6) is 5.75 Å². The van der Waals surface area contributed by atoms with Crippen molar-refractivity contribution in [2.24, 2.45) is 0 Å². The molecule has 158 valence electrons. The van der Waals surface area contributed by atoms with Gasteiger partial charge in [0.05, 0.1) is 36.9 Å². The third kappa shape index (κ3) is 4.81. The first-order valence-corrected chi connectivity index (χ1v) is 9.90. The van der Waals surface area contributed by atoms with Gasteiger partial charge in [-0.25, -0.2) is 9.59 Å². The highest BCUT2D eigenvalue weighted by atomic mass is 16.5. The monoisotopic (exact) mass is 401 g/mol. The summed E-state index contributed by atoms with van der Waals surface area (Å²) in [5, 5.41) is 0. The number of esters is 2.